The van der Waals surface area contributed by atoms with Crippen LogP contribution in [0.1, 0.15) is 26.7 Å². The minimum Gasteiger partial charge on any atom is -0.355 e. The van der Waals surface area contributed by atoms with Gasteiger partial charge in [0, 0.05) is 38.6 Å². The van der Waals surface area contributed by atoms with E-state index in [1.54, 1.807) is 17.0 Å². The van der Waals surface area contributed by atoms with Crippen molar-refractivity contribution in [3.8, 4) is 0 Å². The van der Waals surface area contributed by atoms with Gasteiger partial charge in [-0.25, -0.2) is 4.98 Å². The second-order valence-corrected chi connectivity index (χ2v) is 6.08. The van der Waals surface area contributed by atoms with Gasteiger partial charge in [-0.05, 0) is 24.7 Å². The van der Waals surface area contributed by atoms with Crippen molar-refractivity contribution < 1.29 is 0 Å². The molecule has 1 aliphatic carbocycles. The van der Waals surface area contributed by atoms with Crippen LogP contribution >= 0.6 is 0 Å². The number of nitrogens with two attached hydrogens (primary N) is 1. The van der Waals surface area contributed by atoms with Crippen molar-refractivity contribution in [3.05, 3.63) is 22.7 Å². The fraction of sp³-hybridized carbons (Fsp3) is 0.714. The molecule has 5 nitrogen and oxygen atoms in total. The summed E-state index contributed by atoms with van der Waals surface area (Å²) in [5, 5.41) is 0. The molecule has 0 saturated heterocycles. The first-order valence-corrected chi connectivity index (χ1v) is 6.99. The van der Waals surface area contributed by atoms with Crippen LogP contribution in [0.15, 0.2) is 17.2 Å². The van der Waals surface area contributed by atoms with Crippen molar-refractivity contribution in [1.82, 2.24) is 9.55 Å². The lowest BCUT2D eigenvalue weighted by Crippen LogP contribution is -2.43. The van der Waals surface area contributed by atoms with E-state index in [-0.39, 0.29) is 5.56 Å². The number of aromatic nitrogens is 2. The predicted molar refractivity (Wildman–Crippen MR) is 77.3 cm³/mol. The van der Waals surface area contributed by atoms with Gasteiger partial charge >= 0.3 is 0 Å². The molecule has 5 heteroatoms. The smallest absolute Gasteiger partial charge is 0.293 e. The number of anilines is 1. The van der Waals surface area contributed by atoms with Crippen molar-refractivity contribution in [2.45, 2.75) is 39.3 Å². The Labute approximate surface area is 114 Å². The fourth-order valence-electron chi connectivity index (χ4n) is 2.64. The van der Waals surface area contributed by atoms with Gasteiger partial charge in [0.2, 0.25) is 0 Å². The zero-order chi connectivity index (χ0) is 14.0. The number of hydrogen-bond acceptors (Lipinski definition) is 4. The molecule has 1 aliphatic rings. The van der Waals surface area contributed by atoms with Gasteiger partial charge in [-0.1, -0.05) is 13.8 Å². The molecule has 1 aromatic heterocycles. The Morgan fingerprint density at radius 3 is 2.79 bits per heavy atom. The zero-order valence-electron chi connectivity index (χ0n) is 12.0. The van der Waals surface area contributed by atoms with Gasteiger partial charge in [0.15, 0.2) is 5.82 Å². The van der Waals surface area contributed by atoms with Crippen molar-refractivity contribution >= 4 is 5.82 Å². The monoisotopic (exact) mass is 264 g/mol. The lowest BCUT2D eigenvalue weighted by Gasteiger charge is -2.35. The maximum atomic E-state index is 12.3. The van der Waals surface area contributed by atoms with E-state index in [1.165, 1.54) is 0 Å². The third-order valence-corrected chi connectivity index (χ3v) is 3.62. The molecule has 1 fully saturated rings. The molecule has 0 aromatic carbocycles. The molecular formula is C14H24N4O. The molecule has 0 bridgehead atoms. The molecule has 2 rings (SSSR count). The van der Waals surface area contributed by atoms with Crippen LogP contribution in [0.4, 0.5) is 5.82 Å². The Hall–Kier alpha value is -1.36. The summed E-state index contributed by atoms with van der Waals surface area (Å²) in [5.74, 6) is 1.59. The maximum Gasteiger partial charge on any atom is 0.293 e. The molecule has 1 aromatic rings. The quantitative estimate of drug-likeness (QED) is 0.864. The highest BCUT2D eigenvalue weighted by Gasteiger charge is 2.27. The van der Waals surface area contributed by atoms with E-state index in [9.17, 15) is 4.79 Å². The Kier molecular flexibility index (Phi) is 4.24. The lowest BCUT2D eigenvalue weighted by atomic mass is 9.81. The molecule has 106 valence electrons. The van der Waals surface area contributed by atoms with Gasteiger partial charge in [0.05, 0.1) is 0 Å². The minimum absolute atomic E-state index is 0.00215. The fourth-order valence-corrected chi connectivity index (χ4v) is 2.64. The van der Waals surface area contributed by atoms with E-state index in [4.69, 9.17) is 5.73 Å². The highest BCUT2D eigenvalue weighted by Crippen LogP contribution is 2.26. The van der Waals surface area contributed by atoms with E-state index in [1.807, 2.05) is 11.9 Å². The highest BCUT2D eigenvalue weighted by atomic mass is 16.1. The first kappa shape index (κ1) is 14.1. The summed E-state index contributed by atoms with van der Waals surface area (Å²) in [6.07, 6.45) is 5.58. The summed E-state index contributed by atoms with van der Waals surface area (Å²) in [6, 6.07) is 0.347. The van der Waals surface area contributed by atoms with Gasteiger partial charge < -0.3 is 15.2 Å². The van der Waals surface area contributed by atoms with Crippen LogP contribution in [-0.2, 0) is 6.54 Å². The second-order valence-electron chi connectivity index (χ2n) is 6.08. The zero-order valence-corrected chi connectivity index (χ0v) is 12.0. The molecular weight excluding hydrogens is 240 g/mol. The standard InChI is InChI=1S/C14H24N4O/c1-10(2)8-18-5-4-16-13(14(18)19)17(3)9-11-6-12(15)7-11/h4-5,10-12H,6-9,15H2,1-3H3. The molecule has 2 N–H and O–H groups in total. The van der Waals surface area contributed by atoms with Gasteiger partial charge in [-0.3, -0.25) is 4.79 Å². The number of rotatable bonds is 5. The largest absolute Gasteiger partial charge is 0.355 e. The van der Waals surface area contributed by atoms with Crippen molar-refractivity contribution in [3.63, 3.8) is 0 Å². The SMILES string of the molecule is CC(C)Cn1ccnc(N(C)CC2CC(N)C2)c1=O. The van der Waals surface area contributed by atoms with Crippen molar-refractivity contribution in [2.75, 3.05) is 18.5 Å². The molecule has 0 spiro atoms. The summed E-state index contributed by atoms with van der Waals surface area (Å²) >= 11 is 0. The van der Waals surface area contributed by atoms with Gasteiger partial charge in [-0.2, -0.15) is 0 Å². The summed E-state index contributed by atoms with van der Waals surface area (Å²) in [6.45, 7) is 5.80. The molecule has 1 heterocycles. The molecule has 0 aliphatic heterocycles. The summed E-state index contributed by atoms with van der Waals surface area (Å²) in [5.41, 5.74) is 5.79. The van der Waals surface area contributed by atoms with Crippen molar-refractivity contribution in [1.29, 1.82) is 0 Å². The summed E-state index contributed by atoms with van der Waals surface area (Å²) in [7, 11) is 1.94. The molecule has 1 saturated carbocycles. The van der Waals surface area contributed by atoms with Crippen molar-refractivity contribution in [2.24, 2.45) is 17.6 Å². The van der Waals surface area contributed by atoms with Gasteiger partial charge in [-0.15, -0.1) is 0 Å². The molecule has 0 radical (unpaired) electrons. The molecule has 0 amide bonds. The highest BCUT2D eigenvalue weighted by molar-refractivity contribution is 5.34. The van der Waals surface area contributed by atoms with Crippen LogP contribution in [0.3, 0.4) is 0 Å². The van der Waals surface area contributed by atoms with E-state index >= 15 is 0 Å². The Balaban J connectivity index is 2.08. The van der Waals surface area contributed by atoms with Crippen LogP contribution in [0.25, 0.3) is 0 Å². The molecule has 0 atom stereocenters. The summed E-state index contributed by atoms with van der Waals surface area (Å²) in [4.78, 5) is 18.5. The first-order chi connectivity index (χ1) is 8.97. The minimum atomic E-state index is 0.00215. The molecule has 0 unspecified atom stereocenters. The topological polar surface area (TPSA) is 64.2 Å². The van der Waals surface area contributed by atoms with E-state index < -0.39 is 0 Å². The van der Waals surface area contributed by atoms with Crippen LogP contribution in [0, 0.1) is 11.8 Å². The second kappa shape index (κ2) is 5.74. The van der Waals surface area contributed by atoms with E-state index in [0.29, 0.717) is 23.7 Å². The Bertz CT molecular complexity index is 477. The lowest BCUT2D eigenvalue weighted by molar-refractivity contribution is 0.270. The van der Waals surface area contributed by atoms with Gasteiger partial charge in [0.25, 0.3) is 5.56 Å². The average molecular weight is 264 g/mol. The third kappa shape index (κ3) is 3.35. The van der Waals surface area contributed by atoms with Crippen LogP contribution < -0.4 is 16.2 Å². The van der Waals surface area contributed by atoms with Gasteiger partial charge in [0.1, 0.15) is 0 Å². The van der Waals surface area contributed by atoms with E-state index in [0.717, 1.165) is 25.9 Å². The van der Waals surface area contributed by atoms with Crippen LogP contribution in [0.2, 0.25) is 0 Å². The number of hydrogen-bond donors (Lipinski definition) is 1. The van der Waals surface area contributed by atoms with E-state index in [2.05, 4.69) is 18.8 Å². The normalized spacial score (nSPS) is 22.4. The maximum absolute atomic E-state index is 12.3. The van der Waals surface area contributed by atoms with Crippen LogP contribution in [-0.4, -0.2) is 29.2 Å². The molecule has 19 heavy (non-hydrogen) atoms. The van der Waals surface area contributed by atoms with Crippen LogP contribution in [0.5, 0.6) is 0 Å². The summed E-state index contributed by atoms with van der Waals surface area (Å²) < 4.78 is 1.75. The third-order valence-electron chi connectivity index (χ3n) is 3.62. The number of nitrogens with zero attached hydrogens (tertiary/aromatic N) is 3. The Morgan fingerprint density at radius 2 is 2.21 bits per heavy atom. The Morgan fingerprint density at radius 1 is 1.53 bits per heavy atom. The first-order valence-electron chi connectivity index (χ1n) is 6.99. The predicted octanol–water partition coefficient (Wildman–Crippen LogP) is 1.07. The average Bonchev–Trinajstić information content (AvgIpc) is 2.29.